The fourth-order valence-corrected chi connectivity index (χ4v) is 3.91. The molecule has 3 rings (SSSR count). The third-order valence-corrected chi connectivity index (χ3v) is 6.10. The summed E-state index contributed by atoms with van der Waals surface area (Å²) < 4.78 is 5.12. The lowest BCUT2D eigenvalue weighted by atomic mass is 10.2. The Labute approximate surface area is 205 Å². The highest BCUT2D eigenvalue weighted by Crippen LogP contribution is 2.25. The average molecular weight is 508 g/mol. The minimum atomic E-state index is -0.345. The van der Waals surface area contributed by atoms with Gasteiger partial charge in [-0.25, -0.2) is 9.78 Å². The highest BCUT2D eigenvalue weighted by molar-refractivity contribution is 7.09. The van der Waals surface area contributed by atoms with Crippen LogP contribution in [0.2, 0.25) is 10.0 Å². The fraction of sp³-hybridized carbons (Fsp3) is 0.273. The van der Waals surface area contributed by atoms with E-state index in [0.717, 1.165) is 5.69 Å². The summed E-state index contributed by atoms with van der Waals surface area (Å²) in [6, 6.07) is 10.2. The number of amides is 3. The SMILES string of the molecule is COCCN(Cc1nc(C(=O)NCCc2ccccn2)cs1)C(=O)Nc1ccc(Cl)c(Cl)c1. The second-order valence-electron chi connectivity index (χ2n) is 6.93. The number of hydrogen-bond donors (Lipinski definition) is 2. The summed E-state index contributed by atoms with van der Waals surface area (Å²) in [5, 5.41) is 8.69. The Hall–Kier alpha value is -2.72. The maximum atomic E-state index is 12.8. The second kappa shape index (κ2) is 12.5. The number of nitrogens with zero attached hydrogens (tertiary/aromatic N) is 3. The smallest absolute Gasteiger partial charge is 0.322 e. The number of rotatable bonds is 10. The topological polar surface area (TPSA) is 96.4 Å². The summed E-state index contributed by atoms with van der Waals surface area (Å²) in [4.78, 5) is 35.4. The standard InChI is InChI=1S/C22H23Cl2N5O3S/c1-32-11-10-29(22(31)27-16-5-6-17(23)18(24)12-16)13-20-28-19(14-33-20)21(30)26-9-7-15-4-2-3-8-25-15/h2-6,8,12,14H,7,9-11,13H2,1H3,(H,26,30)(H,27,31). The minimum absolute atomic E-state index is 0.225. The molecule has 174 valence electrons. The third kappa shape index (κ3) is 7.68. The molecule has 0 aliphatic heterocycles. The molecule has 0 aliphatic rings. The Morgan fingerprint density at radius 1 is 1.18 bits per heavy atom. The van der Waals surface area contributed by atoms with Gasteiger partial charge in [-0.05, 0) is 30.3 Å². The Bertz CT molecular complexity index is 1080. The number of ether oxygens (including phenoxy) is 1. The van der Waals surface area contributed by atoms with Gasteiger partial charge in [-0.1, -0.05) is 29.3 Å². The van der Waals surface area contributed by atoms with Gasteiger partial charge in [0.2, 0.25) is 0 Å². The highest BCUT2D eigenvalue weighted by Gasteiger charge is 2.18. The number of aromatic nitrogens is 2. The molecule has 0 fully saturated rings. The third-order valence-electron chi connectivity index (χ3n) is 4.53. The number of nitrogens with one attached hydrogen (secondary N) is 2. The largest absolute Gasteiger partial charge is 0.383 e. The Morgan fingerprint density at radius 3 is 2.76 bits per heavy atom. The normalized spacial score (nSPS) is 10.6. The quantitative estimate of drug-likeness (QED) is 0.421. The minimum Gasteiger partial charge on any atom is -0.383 e. The summed E-state index contributed by atoms with van der Waals surface area (Å²) in [6.45, 7) is 1.37. The van der Waals surface area contributed by atoms with Crippen molar-refractivity contribution in [2.24, 2.45) is 0 Å². The van der Waals surface area contributed by atoms with Gasteiger partial charge >= 0.3 is 6.03 Å². The summed E-state index contributed by atoms with van der Waals surface area (Å²) in [7, 11) is 1.56. The van der Waals surface area contributed by atoms with Crippen molar-refractivity contribution in [3.63, 3.8) is 0 Å². The lowest BCUT2D eigenvalue weighted by molar-refractivity contribution is 0.0949. The van der Waals surface area contributed by atoms with Gasteiger partial charge in [0, 0.05) is 49.6 Å². The van der Waals surface area contributed by atoms with Crippen LogP contribution in [0.3, 0.4) is 0 Å². The first-order valence-electron chi connectivity index (χ1n) is 10.1. The second-order valence-corrected chi connectivity index (χ2v) is 8.68. The number of thiazole rings is 1. The number of halogens is 2. The molecule has 0 bridgehead atoms. The van der Waals surface area contributed by atoms with Crippen molar-refractivity contribution in [3.05, 3.63) is 74.4 Å². The van der Waals surface area contributed by atoms with Crippen molar-refractivity contribution in [3.8, 4) is 0 Å². The van der Waals surface area contributed by atoms with Gasteiger partial charge in [0.25, 0.3) is 5.91 Å². The predicted octanol–water partition coefficient (Wildman–Crippen LogP) is 4.50. The molecule has 0 atom stereocenters. The van der Waals surface area contributed by atoms with Crippen LogP contribution in [0.15, 0.2) is 48.0 Å². The molecule has 0 saturated heterocycles. The van der Waals surface area contributed by atoms with Crippen LogP contribution in [-0.4, -0.2) is 53.6 Å². The van der Waals surface area contributed by atoms with Crippen LogP contribution in [0, 0.1) is 0 Å². The van der Waals surface area contributed by atoms with Crippen molar-refractivity contribution in [1.29, 1.82) is 0 Å². The zero-order valence-corrected chi connectivity index (χ0v) is 20.2. The summed E-state index contributed by atoms with van der Waals surface area (Å²) in [6.07, 6.45) is 2.35. The van der Waals surface area contributed by atoms with Crippen LogP contribution in [0.25, 0.3) is 0 Å². The van der Waals surface area contributed by atoms with E-state index >= 15 is 0 Å². The van der Waals surface area contributed by atoms with Crippen LogP contribution >= 0.6 is 34.5 Å². The van der Waals surface area contributed by atoms with Gasteiger partial charge in [0.05, 0.1) is 23.2 Å². The molecule has 2 heterocycles. The van der Waals surface area contributed by atoms with Crippen LogP contribution in [0.5, 0.6) is 0 Å². The van der Waals surface area contributed by atoms with E-state index in [2.05, 4.69) is 20.6 Å². The van der Waals surface area contributed by atoms with Crippen molar-refractivity contribution in [1.82, 2.24) is 20.2 Å². The van der Waals surface area contributed by atoms with E-state index in [0.29, 0.717) is 52.6 Å². The van der Waals surface area contributed by atoms with E-state index in [-0.39, 0.29) is 18.5 Å². The number of urea groups is 1. The number of methoxy groups -OCH3 is 1. The molecule has 0 saturated carbocycles. The molecule has 11 heteroatoms. The van der Waals surface area contributed by atoms with Crippen molar-refractivity contribution in [2.75, 3.05) is 32.1 Å². The van der Waals surface area contributed by atoms with Gasteiger partial charge in [-0.2, -0.15) is 0 Å². The molecule has 0 unspecified atom stereocenters. The number of pyridine rings is 1. The molecule has 3 aromatic rings. The van der Waals surface area contributed by atoms with Gasteiger partial charge < -0.3 is 20.3 Å². The molecule has 0 spiro atoms. The average Bonchev–Trinajstić information content (AvgIpc) is 3.28. The molecule has 0 aliphatic carbocycles. The molecule has 0 radical (unpaired) electrons. The zero-order valence-electron chi connectivity index (χ0n) is 17.9. The summed E-state index contributed by atoms with van der Waals surface area (Å²) in [5.41, 5.74) is 1.73. The number of anilines is 1. The van der Waals surface area contributed by atoms with Crippen molar-refractivity contribution < 1.29 is 14.3 Å². The number of hydrogen-bond acceptors (Lipinski definition) is 6. The first-order chi connectivity index (χ1) is 16.0. The molecule has 1 aromatic carbocycles. The fourth-order valence-electron chi connectivity index (χ4n) is 2.82. The molecule has 33 heavy (non-hydrogen) atoms. The first-order valence-corrected chi connectivity index (χ1v) is 11.7. The number of carbonyl (C=O) groups is 2. The van der Waals surface area contributed by atoms with Gasteiger partial charge in [0.1, 0.15) is 10.7 Å². The van der Waals surface area contributed by atoms with E-state index < -0.39 is 0 Å². The maximum absolute atomic E-state index is 12.8. The van der Waals surface area contributed by atoms with E-state index in [4.69, 9.17) is 27.9 Å². The number of benzene rings is 1. The van der Waals surface area contributed by atoms with Crippen molar-refractivity contribution >= 4 is 52.2 Å². The molecule has 3 amide bonds. The highest BCUT2D eigenvalue weighted by atomic mass is 35.5. The molecular weight excluding hydrogens is 485 g/mol. The van der Waals surface area contributed by atoms with Crippen LogP contribution < -0.4 is 10.6 Å². The van der Waals surface area contributed by atoms with Gasteiger partial charge in [-0.3, -0.25) is 9.78 Å². The molecule has 8 nitrogen and oxygen atoms in total. The molecule has 2 N–H and O–H groups in total. The Balaban J connectivity index is 1.58. The first kappa shape index (κ1) is 24.9. The van der Waals surface area contributed by atoms with E-state index in [9.17, 15) is 9.59 Å². The van der Waals surface area contributed by atoms with Crippen LogP contribution in [-0.2, 0) is 17.7 Å². The lowest BCUT2D eigenvalue weighted by Gasteiger charge is -2.22. The summed E-state index contributed by atoms with van der Waals surface area (Å²) >= 11 is 13.3. The summed E-state index contributed by atoms with van der Waals surface area (Å²) in [5.74, 6) is -0.267. The molecular formula is C22H23Cl2N5O3S. The van der Waals surface area contributed by atoms with Crippen LogP contribution in [0.1, 0.15) is 21.2 Å². The zero-order chi connectivity index (χ0) is 23.6. The maximum Gasteiger partial charge on any atom is 0.322 e. The van der Waals surface area contributed by atoms with E-state index in [1.807, 2.05) is 18.2 Å². The van der Waals surface area contributed by atoms with Gasteiger partial charge in [-0.15, -0.1) is 11.3 Å². The van der Waals surface area contributed by atoms with E-state index in [1.54, 1.807) is 41.8 Å². The monoisotopic (exact) mass is 507 g/mol. The molecule has 2 aromatic heterocycles. The van der Waals surface area contributed by atoms with Gasteiger partial charge in [0.15, 0.2) is 0 Å². The van der Waals surface area contributed by atoms with Crippen molar-refractivity contribution in [2.45, 2.75) is 13.0 Å². The Morgan fingerprint density at radius 2 is 2.03 bits per heavy atom. The number of carbonyl (C=O) groups excluding carboxylic acids is 2. The Kier molecular flexibility index (Phi) is 9.44. The predicted molar refractivity (Wildman–Crippen MR) is 130 cm³/mol. The van der Waals surface area contributed by atoms with Crippen LogP contribution in [0.4, 0.5) is 10.5 Å². The van der Waals surface area contributed by atoms with E-state index in [1.165, 1.54) is 11.3 Å². The lowest BCUT2D eigenvalue weighted by Crippen LogP contribution is -2.36.